The van der Waals surface area contributed by atoms with Crippen LogP contribution >= 0.6 is 23.2 Å². The molecule has 0 fully saturated rings. The minimum Gasteiger partial charge on any atom is -0.272 e. The number of amides is 1. The van der Waals surface area contributed by atoms with Gasteiger partial charge >= 0.3 is 0 Å². The second-order valence-electron chi connectivity index (χ2n) is 7.28. The second-order valence-corrected chi connectivity index (χ2v) is 10.1. The van der Waals surface area contributed by atoms with E-state index in [1.165, 1.54) is 42.5 Å². The third-order valence-electron chi connectivity index (χ3n) is 4.85. The van der Waals surface area contributed by atoms with Crippen molar-refractivity contribution in [2.24, 2.45) is 5.10 Å². The summed E-state index contributed by atoms with van der Waals surface area (Å²) in [4.78, 5) is 22.9. The van der Waals surface area contributed by atoms with Crippen LogP contribution in [0.15, 0.2) is 82.8 Å². The van der Waals surface area contributed by atoms with Gasteiger partial charge in [-0.25, -0.2) is 13.8 Å². The van der Waals surface area contributed by atoms with Crippen LogP contribution < -0.4 is 5.43 Å². The molecule has 1 amide bonds. The van der Waals surface area contributed by atoms with E-state index in [-0.39, 0.29) is 27.7 Å². The monoisotopic (exact) mass is 534 g/mol. The van der Waals surface area contributed by atoms with Crippen LogP contribution in [0.25, 0.3) is 0 Å². The van der Waals surface area contributed by atoms with Gasteiger partial charge in [0, 0.05) is 34.3 Å². The molecule has 3 aromatic rings. The van der Waals surface area contributed by atoms with Crippen LogP contribution in [0, 0.1) is 10.1 Å². The van der Waals surface area contributed by atoms with Crippen LogP contribution in [0.4, 0.5) is 5.69 Å². The number of nitro benzene ring substituents is 1. The highest BCUT2D eigenvalue weighted by molar-refractivity contribution is 7.89. The average molecular weight is 535 g/mol. The molecular weight excluding hydrogens is 515 g/mol. The smallest absolute Gasteiger partial charge is 0.270 e. The lowest BCUT2D eigenvalue weighted by molar-refractivity contribution is -0.384. The van der Waals surface area contributed by atoms with Crippen LogP contribution in [0.5, 0.6) is 0 Å². The van der Waals surface area contributed by atoms with E-state index in [1.807, 2.05) is 30.3 Å². The molecule has 35 heavy (non-hydrogen) atoms. The maximum atomic E-state index is 13.2. The Hall–Kier alpha value is -3.31. The van der Waals surface area contributed by atoms with Crippen molar-refractivity contribution in [1.82, 2.24) is 9.73 Å². The van der Waals surface area contributed by atoms with Crippen LogP contribution in [0.3, 0.4) is 0 Å². The summed E-state index contributed by atoms with van der Waals surface area (Å²) in [6.45, 7) is -0.458. The quantitative estimate of drug-likeness (QED) is 0.236. The molecule has 0 aromatic heterocycles. The minimum atomic E-state index is -4.02. The zero-order valence-corrected chi connectivity index (χ0v) is 20.5. The van der Waals surface area contributed by atoms with E-state index in [0.717, 1.165) is 16.1 Å². The summed E-state index contributed by atoms with van der Waals surface area (Å²) in [7, 11) is -4.02. The third kappa shape index (κ3) is 7.33. The van der Waals surface area contributed by atoms with Crippen molar-refractivity contribution in [3.05, 3.63) is 104 Å². The summed E-state index contributed by atoms with van der Waals surface area (Å²) in [6, 6.07) is 18.7. The van der Waals surface area contributed by atoms with Crippen LogP contribution in [0.1, 0.15) is 11.1 Å². The average Bonchev–Trinajstić information content (AvgIpc) is 2.83. The molecule has 0 heterocycles. The summed E-state index contributed by atoms with van der Waals surface area (Å²) in [5.41, 5.74) is 3.18. The largest absolute Gasteiger partial charge is 0.272 e. The van der Waals surface area contributed by atoms with E-state index in [2.05, 4.69) is 10.5 Å². The van der Waals surface area contributed by atoms with Crippen LogP contribution in [-0.2, 0) is 21.2 Å². The van der Waals surface area contributed by atoms with Crippen molar-refractivity contribution < 1.29 is 18.1 Å². The van der Waals surface area contributed by atoms with Gasteiger partial charge in [0.1, 0.15) is 0 Å². The van der Waals surface area contributed by atoms with Gasteiger partial charge in [0.15, 0.2) is 0 Å². The molecular formula is C23H20Cl2N4O5S. The number of nitrogens with zero attached hydrogens (tertiary/aromatic N) is 3. The summed E-state index contributed by atoms with van der Waals surface area (Å²) in [5.74, 6) is -0.701. The van der Waals surface area contributed by atoms with Gasteiger partial charge in [0.2, 0.25) is 10.0 Å². The number of benzene rings is 3. The third-order valence-corrected chi connectivity index (χ3v) is 7.30. The lowest BCUT2D eigenvalue weighted by atomic mass is 10.1. The number of halogens is 2. The fraction of sp³-hybridized carbons (Fsp3) is 0.130. The minimum absolute atomic E-state index is 0.00496. The first kappa shape index (κ1) is 26.3. The number of rotatable bonds is 10. The standard InChI is InChI=1S/C23H20Cl2N4O5S/c24-19-6-9-21(10-7-19)35(33,34)28(13-12-17-4-2-1-3-5-17)16-23(30)27-26-15-18-14-20(29(31)32)8-11-22(18)25/h1-11,14-15H,12-13,16H2,(H,27,30)/b26-15-. The molecule has 0 radical (unpaired) electrons. The van der Waals surface area contributed by atoms with Gasteiger partial charge in [0.25, 0.3) is 11.6 Å². The molecule has 0 aliphatic carbocycles. The van der Waals surface area contributed by atoms with Crippen molar-refractivity contribution in [2.75, 3.05) is 13.1 Å². The van der Waals surface area contributed by atoms with E-state index in [0.29, 0.717) is 11.4 Å². The van der Waals surface area contributed by atoms with E-state index < -0.39 is 27.4 Å². The molecule has 1 N–H and O–H groups in total. The highest BCUT2D eigenvalue weighted by Gasteiger charge is 2.26. The molecule has 0 aliphatic heterocycles. The van der Waals surface area contributed by atoms with E-state index in [1.54, 1.807) is 0 Å². The molecule has 3 aromatic carbocycles. The molecule has 0 saturated heterocycles. The Kier molecular flexibility index (Phi) is 8.94. The predicted octanol–water partition coefficient (Wildman–Crippen LogP) is 4.29. The lowest BCUT2D eigenvalue weighted by Crippen LogP contribution is -2.40. The number of hydrogen-bond acceptors (Lipinski definition) is 6. The highest BCUT2D eigenvalue weighted by atomic mass is 35.5. The Balaban J connectivity index is 1.75. The van der Waals surface area contributed by atoms with Crippen molar-refractivity contribution in [1.29, 1.82) is 0 Å². The van der Waals surface area contributed by atoms with Gasteiger partial charge < -0.3 is 0 Å². The summed E-state index contributed by atoms with van der Waals surface area (Å²) < 4.78 is 27.5. The van der Waals surface area contributed by atoms with Crippen molar-refractivity contribution in [3.8, 4) is 0 Å². The number of nitrogens with one attached hydrogen (secondary N) is 1. The van der Waals surface area contributed by atoms with Crippen LogP contribution in [-0.4, -0.2) is 42.9 Å². The summed E-state index contributed by atoms with van der Waals surface area (Å²) >= 11 is 11.9. The normalized spacial score (nSPS) is 11.6. The molecule has 182 valence electrons. The molecule has 0 aliphatic rings. The molecule has 0 saturated carbocycles. The van der Waals surface area contributed by atoms with Gasteiger partial charge in [0.05, 0.1) is 22.6 Å². The van der Waals surface area contributed by atoms with Gasteiger partial charge in [-0.2, -0.15) is 9.41 Å². The number of hydrazone groups is 1. The second kappa shape index (κ2) is 11.9. The maximum Gasteiger partial charge on any atom is 0.270 e. The van der Waals surface area contributed by atoms with Crippen LogP contribution in [0.2, 0.25) is 10.0 Å². The summed E-state index contributed by atoms with van der Waals surface area (Å²) in [5, 5.41) is 15.3. The number of hydrogen-bond donors (Lipinski definition) is 1. The molecule has 0 atom stereocenters. The SMILES string of the molecule is O=C(CN(CCc1ccccc1)S(=O)(=O)c1ccc(Cl)cc1)N/N=C\c1cc([N+](=O)[O-])ccc1Cl. The first-order valence-electron chi connectivity index (χ1n) is 10.2. The van der Waals surface area contributed by atoms with Crippen molar-refractivity contribution >= 4 is 51.0 Å². The first-order valence-corrected chi connectivity index (χ1v) is 12.4. The van der Waals surface area contributed by atoms with Gasteiger partial charge in [-0.3, -0.25) is 14.9 Å². The molecule has 0 bridgehead atoms. The van der Waals surface area contributed by atoms with E-state index >= 15 is 0 Å². The Labute approximate surface area is 212 Å². The lowest BCUT2D eigenvalue weighted by Gasteiger charge is -2.21. The maximum absolute atomic E-state index is 13.2. The number of sulfonamides is 1. The van der Waals surface area contributed by atoms with E-state index in [4.69, 9.17) is 23.2 Å². The fourth-order valence-corrected chi connectivity index (χ4v) is 4.74. The topological polar surface area (TPSA) is 122 Å². The van der Waals surface area contributed by atoms with E-state index in [9.17, 15) is 23.3 Å². The summed E-state index contributed by atoms with van der Waals surface area (Å²) in [6.07, 6.45) is 1.53. The Morgan fingerprint density at radius 1 is 1.06 bits per heavy atom. The highest BCUT2D eigenvalue weighted by Crippen LogP contribution is 2.21. The van der Waals surface area contributed by atoms with Gasteiger partial charge in [-0.1, -0.05) is 53.5 Å². The van der Waals surface area contributed by atoms with Crippen molar-refractivity contribution in [2.45, 2.75) is 11.3 Å². The van der Waals surface area contributed by atoms with Gasteiger partial charge in [-0.05, 0) is 42.3 Å². The first-order chi connectivity index (χ1) is 16.7. The molecule has 9 nitrogen and oxygen atoms in total. The molecule has 0 unspecified atom stereocenters. The zero-order chi connectivity index (χ0) is 25.4. The predicted molar refractivity (Wildman–Crippen MR) is 134 cm³/mol. The van der Waals surface area contributed by atoms with Crippen molar-refractivity contribution in [3.63, 3.8) is 0 Å². The van der Waals surface area contributed by atoms with Gasteiger partial charge in [-0.15, -0.1) is 0 Å². The fourth-order valence-electron chi connectivity index (χ4n) is 3.05. The Bertz CT molecular complexity index is 1330. The Morgan fingerprint density at radius 2 is 1.74 bits per heavy atom. The molecule has 3 rings (SSSR count). The number of carbonyl (C=O) groups is 1. The number of nitro groups is 1. The molecule has 12 heteroatoms. The zero-order valence-electron chi connectivity index (χ0n) is 18.2. The molecule has 0 spiro atoms. The number of non-ortho nitro benzene ring substituents is 1. The number of carbonyl (C=O) groups excluding carboxylic acids is 1. The Morgan fingerprint density at radius 3 is 2.40 bits per heavy atom.